The summed E-state index contributed by atoms with van der Waals surface area (Å²) in [7, 11) is 0. The van der Waals surface area contributed by atoms with Crippen molar-refractivity contribution in [2.75, 3.05) is 0 Å². The molecule has 8 aromatic rings. The maximum absolute atomic E-state index is 5.17. The van der Waals surface area contributed by atoms with Crippen molar-refractivity contribution in [3.8, 4) is 39.9 Å². The topological polar surface area (TPSA) is 56.5 Å². The van der Waals surface area contributed by atoms with Crippen molar-refractivity contribution in [3.63, 3.8) is 0 Å². The van der Waals surface area contributed by atoms with Crippen LogP contribution in [0.5, 0.6) is 0 Å². The molecule has 0 saturated carbocycles. The molecule has 3 heterocycles. The largest absolute Gasteiger partial charge is 0.277 e. The molecule has 1 aliphatic carbocycles. The lowest BCUT2D eigenvalue weighted by Gasteiger charge is -2.23. The molecule has 5 heteroatoms. The lowest BCUT2D eigenvalue weighted by molar-refractivity contribution is 0.664. The molecule has 0 aliphatic heterocycles. The van der Waals surface area contributed by atoms with E-state index in [0.717, 1.165) is 27.5 Å². The number of hydrogen-bond donors (Lipinski definition) is 0. The van der Waals surface area contributed by atoms with Crippen LogP contribution < -0.4 is 0 Å². The summed E-state index contributed by atoms with van der Waals surface area (Å²) in [6.45, 7) is 4.67. The van der Waals surface area contributed by atoms with Crippen molar-refractivity contribution in [2.45, 2.75) is 19.3 Å². The van der Waals surface area contributed by atoms with Gasteiger partial charge in [-0.25, -0.2) is 4.98 Å². The quantitative estimate of drug-likeness (QED) is 0.214. The minimum absolute atomic E-state index is 0.266. The Morgan fingerprint density at radius 1 is 0.591 bits per heavy atom. The van der Waals surface area contributed by atoms with E-state index in [2.05, 4.69) is 102 Å². The van der Waals surface area contributed by atoms with Gasteiger partial charge in [0.1, 0.15) is 0 Å². The minimum atomic E-state index is -0.266. The Morgan fingerprint density at radius 3 is 2.00 bits per heavy atom. The van der Waals surface area contributed by atoms with Gasteiger partial charge in [-0.1, -0.05) is 105 Å². The number of pyridine rings is 1. The predicted molar refractivity (Wildman–Crippen MR) is 178 cm³/mol. The molecule has 208 valence electrons. The number of rotatable bonds is 3. The Bertz CT molecular complexity index is 2350. The number of benzene rings is 5. The Labute approximate surface area is 254 Å². The fourth-order valence-corrected chi connectivity index (χ4v) is 7.03. The van der Waals surface area contributed by atoms with Crippen molar-refractivity contribution in [2.24, 2.45) is 0 Å². The Hall–Kier alpha value is -5.68. The molecule has 0 bridgehead atoms. The second-order valence-corrected chi connectivity index (χ2v) is 12.0. The fraction of sp³-hybridized carbons (Fsp3) is 0.0769. The number of para-hydroxylation sites is 1. The fourth-order valence-electron chi connectivity index (χ4n) is 7.03. The summed E-state index contributed by atoms with van der Waals surface area (Å²) in [4.78, 5) is 19.7. The van der Waals surface area contributed by atoms with Gasteiger partial charge >= 0.3 is 0 Å². The van der Waals surface area contributed by atoms with Gasteiger partial charge in [-0.3, -0.25) is 9.55 Å². The minimum Gasteiger partial charge on any atom is -0.277 e. The highest BCUT2D eigenvalue weighted by molar-refractivity contribution is 6.13. The van der Waals surface area contributed by atoms with Crippen LogP contribution in [0.25, 0.3) is 72.4 Å². The molecule has 0 unspecified atom stereocenters. The van der Waals surface area contributed by atoms with Crippen LogP contribution in [0, 0.1) is 0 Å². The molecule has 9 rings (SSSR count). The van der Waals surface area contributed by atoms with Crippen LogP contribution in [-0.4, -0.2) is 24.5 Å². The monoisotopic (exact) mass is 565 g/mol. The summed E-state index contributed by atoms with van der Waals surface area (Å²) in [5.41, 5.74) is 8.96. The van der Waals surface area contributed by atoms with Crippen molar-refractivity contribution >= 4 is 32.6 Å². The van der Waals surface area contributed by atoms with E-state index in [0.29, 0.717) is 17.6 Å². The third kappa shape index (κ3) is 3.53. The van der Waals surface area contributed by atoms with E-state index in [-0.39, 0.29) is 5.41 Å². The van der Waals surface area contributed by atoms with E-state index < -0.39 is 0 Å². The highest BCUT2D eigenvalue weighted by atomic mass is 15.2. The van der Waals surface area contributed by atoms with Gasteiger partial charge < -0.3 is 0 Å². The van der Waals surface area contributed by atoms with Crippen LogP contribution in [0.15, 0.2) is 128 Å². The zero-order valence-corrected chi connectivity index (χ0v) is 24.4. The van der Waals surface area contributed by atoms with Crippen LogP contribution >= 0.6 is 0 Å². The molecule has 0 fully saturated rings. The first-order valence-corrected chi connectivity index (χ1v) is 14.9. The van der Waals surface area contributed by atoms with Gasteiger partial charge in [0.15, 0.2) is 11.6 Å². The van der Waals surface area contributed by atoms with Crippen molar-refractivity contribution < 1.29 is 0 Å². The SMILES string of the molecule is CC1(C)c2cc3cnccc3cc2-c2ccc3c4ccccc4n(-c4nc(-c5ccccc5)nc(-c5ccccc5)n4)c3c21. The third-order valence-electron chi connectivity index (χ3n) is 9.09. The normalized spacial score (nSPS) is 13.4. The highest BCUT2D eigenvalue weighted by Gasteiger charge is 2.39. The van der Waals surface area contributed by atoms with Gasteiger partial charge in [0.05, 0.1) is 11.0 Å². The third-order valence-corrected chi connectivity index (χ3v) is 9.09. The molecule has 0 amide bonds. The summed E-state index contributed by atoms with van der Waals surface area (Å²) in [5, 5.41) is 4.71. The van der Waals surface area contributed by atoms with Crippen LogP contribution in [0.1, 0.15) is 25.0 Å². The molecule has 0 saturated heterocycles. The Kier molecular flexibility index (Phi) is 5.18. The average molecular weight is 566 g/mol. The van der Waals surface area contributed by atoms with E-state index in [1.54, 1.807) is 0 Å². The summed E-state index contributed by atoms with van der Waals surface area (Å²) < 4.78 is 2.26. The summed E-state index contributed by atoms with van der Waals surface area (Å²) in [6.07, 6.45) is 3.83. The van der Waals surface area contributed by atoms with E-state index in [1.807, 2.05) is 48.8 Å². The smallest absolute Gasteiger partial charge is 0.238 e. The van der Waals surface area contributed by atoms with Gasteiger partial charge in [0, 0.05) is 45.1 Å². The maximum atomic E-state index is 5.17. The van der Waals surface area contributed by atoms with Crippen molar-refractivity contribution in [3.05, 3.63) is 139 Å². The summed E-state index contributed by atoms with van der Waals surface area (Å²) in [5.74, 6) is 1.90. The van der Waals surface area contributed by atoms with Gasteiger partial charge in [-0.2, -0.15) is 9.97 Å². The van der Waals surface area contributed by atoms with Gasteiger partial charge in [-0.05, 0) is 51.9 Å². The molecule has 3 aromatic heterocycles. The van der Waals surface area contributed by atoms with Gasteiger partial charge in [0.25, 0.3) is 0 Å². The van der Waals surface area contributed by atoms with Crippen LogP contribution in [0.4, 0.5) is 0 Å². The van der Waals surface area contributed by atoms with Crippen LogP contribution in [0.2, 0.25) is 0 Å². The van der Waals surface area contributed by atoms with Crippen LogP contribution in [0.3, 0.4) is 0 Å². The molecule has 0 spiro atoms. The van der Waals surface area contributed by atoms with E-state index in [4.69, 9.17) is 15.0 Å². The Balaban J connectivity index is 1.40. The molecule has 1 aliphatic rings. The zero-order valence-electron chi connectivity index (χ0n) is 24.4. The van der Waals surface area contributed by atoms with E-state index >= 15 is 0 Å². The zero-order chi connectivity index (χ0) is 29.4. The van der Waals surface area contributed by atoms with E-state index in [1.165, 1.54) is 38.4 Å². The number of hydrogen-bond acceptors (Lipinski definition) is 4. The standard InChI is InChI=1S/C39H27N5/c1-39(2)32-22-27-23-40-20-19-26(27)21-31(32)29-17-18-30-28-15-9-10-16-33(28)44(35(30)34(29)39)38-42-36(24-11-5-3-6-12-24)41-37(43-38)25-13-7-4-8-14-25/h3-23H,1-2H3. The first-order valence-electron chi connectivity index (χ1n) is 14.9. The van der Waals surface area contributed by atoms with Crippen molar-refractivity contribution in [1.82, 2.24) is 24.5 Å². The molecular weight excluding hydrogens is 538 g/mol. The number of fused-ring (bicyclic) bond motifs is 8. The van der Waals surface area contributed by atoms with Crippen molar-refractivity contribution in [1.29, 1.82) is 0 Å². The molecular formula is C39H27N5. The second kappa shape index (κ2) is 9.16. The number of aromatic nitrogens is 5. The first kappa shape index (κ1) is 24.9. The molecule has 5 nitrogen and oxygen atoms in total. The van der Waals surface area contributed by atoms with Gasteiger partial charge in [0.2, 0.25) is 5.95 Å². The molecule has 5 aromatic carbocycles. The average Bonchev–Trinajstić information content (AvgIpc) is 3.53. The summed E-state index contributed by atoms with van der Waals surface area (Å²) >= 11 is 0. The highest BCUT2D eigenvalue weighted by Crippen LogP contribution is 2.53. The first-order chi connectivity index (χ1) is 21.6. The van der Waals surface area contributed by atoms with E-state index in [9.17, 15) is 0 Å². The maximum Gasteiger partial charge on any atom is 0.238 e. The van der Waals surface area contributed by atoms with Gasteiger partial charge in [-0.15, -0.1) is 0 Å². The molecule has 0 N–H and O–H groups in total. The lowest BCUT2D eigenvalue weighted by Crippen LogP contribution is -2.17. The summed E-state index contributed by atoms with van der Waals surface area (Å²) in [6, 6.07) is 40.2. The molecule has 44 heavy (non-hydrogen) atoms. The predicted octanol–water partition coefficient (Wildman–Crippen LogP) is 9.16. The lowest BCUT2D eigenvalue weighted by atomic mass is 9.81. The molecule has 0 atom stereocenters. The molecule has 0 radical (unpaired) electrons. The second-order valence-electron chi connectivity index (χ2n) is 12.0. The number of nitrogens with zero attached hydrogens (tertiary/aromatic N) is 5. The van der Waals surface area contributed by atoms with Crippen LogP contribution in [-0.2, 0) is 5.41 Å². The Morgan fingerprint density at radius 2 is 1.27 bits per heavy atom.